The molecule has 7 heteroatoms. The van der Waals surface area contributed by atoms with Crippen LogP contribution in [0.1, 0.15) is 65.5 Å². The molecule has 1 aromatic rings. The molecule has 31 heavy (non-hydrogen) atoms. The number of aryl methyl sites for hydroxylation is 1. The molecule has 0 saturated carbocycles. The Labute approximate surface area is 184 Å². The first kappa shape index (κ1) is 23.1. The Kier molecular flexibility index (Phi) is 5.84. The number of nitrogens with zero attached hydrogens (tertiary/aromatic N) is 1. The van der Waals surface area contributed by atoms with Crippen LogP contribution in [-0.4, -0.2) is 46.9 Å². The first-order valence-electron chi connectivity index (χ1n) is 10.8. The topological polar surface area (TPSA) is 82.1 Å². The van der Waals surface area contributed by atoms with Crippen LogP contribution in [0, 0.1) is 12.8 Å². The highest BCUT2D eigenvalue weighted by atomic mass is 16.7. The second-order valence-corrected chi connectivity index (χ2v) is 10.2. The van der Waals surface area contributed by atoms with Crippen LogP contribution in [0.3, 0.4) is 0 Å². The Morgan fingerprint density at radius 1 is 1.10 bits per heavy atom. The molecule has 0 spiro atoms. The summed E-state index contributed by atoms with van der Waals surface area (Å²) in [5, 5.41) is 0. The fraction of sp³-hybridized carbons (Fsp3) is 0.625. The molecule has 2 saturated heterocycles. The second-order valence-electron chi connectivity index (χ2n) is 10.2. The van der Waals surface area contributed by atoms with Gasteiger partial charge < -0.3 is 19.1 Å². The standard InChI is InChI=1S/C24H33NO6/c1-15-8-10-17(11-9-15)24(18-19(26)29-23(6,7)30-20(18)27)12-13-25(16(2)14-24)21(28)31-22(3,4)5/h8-11,16,18H,12-14H2,1-7H3. The fourth-order valence-electron chi connectivity index (χ4n) is 4.62. The lowest BCUT2D eigenvalue weighted by molar-refractivity contribution is -0.244. The Balaban J connectivity index is 1.98. The zero-order valence-electron chi connectivity index (χ0n) is 19.5. The number of esters is 2. The van der Waals surface area contributed by atoms with Crippen molar-refractivity contribution in [3.63, 3.8) is 0 Å². The summed E-state index contributed by atoms with van der Waals surface area (Å²) in [4.78, 5) is 40.5. The minimum Gasteiger partial charge on any atom is -0.444 e. The molecule has 170 valence electrons. The van der Waals surface area contributed by atoms with Crippen LogP contribution in [0.2, 0.25) is 0 Å². The van der Waals surface area contributed by atoms with Crippen molar-refractivity contribution < 1.29 is 28.6 Å². The Morgan fingerprint density at radius 2 is 1.65 bits per heavy atom. The number of amides is 1. The van der Waals surface area contributed by atoms with E-state index in [0.29, 0.717) is 19.4 Å². The third-order valence-corrected chi connectivity index (χ3v) is 5.96. The van der Waals surface area contributed by atoms with Crippen molar-refractivity contribution >= 4 is 18.0 Å². The molecule has 1 aromatic carbocycles. The molecule has 2 heterocycles. The van der Waals surface area contributed by atoms with E-state index in [2.05, 4.69) is 0 Å². The zero-order chi connectivity index (χ0) is 23.2. The van der Waals surface area contributed by atoms with Crippen molar-refractivity contribution in [3.8, 4) is 0 Å². The maximum absolute atomic E-state index is 13.0. The summed E-state index contributed by atoms with van der Waals surface area (Å²) in [5.74, 6) is -3.55. The summed E-state index contributed by atoms with van der Waals surface area (Å²) < 4.78 is 16.5. The molecule has 2 aliphatic heterocycles. The number of carbonyl (C=O) groups is 3. The third-order valence-electron chi connectivity index (χ3n) is 5.96. The number of benzene rings is 1. The molecule has 7 nitrogen and oxygen atoms in total. The third kappa shape index (κ3) is 4.70. The minimum absolute atomic E-state index is 0.250. The number of cyclic esters (lactones) is 2. The van der Waals surface area contributed by atoms with E-state index < -0.39 is 40.8 Å². The van der Waals surface area contributed by atoms with E-state index in [1.165, 1.54) is 0 Å². The van der Waals surface area contributed by atoms with Gasteiger partial charge in [-0.1, -0.05) is 29.8 Å². The lowest BCUT2D eigenvalue weighted by Gasteiger charge is -2.49. The van der Waals surface area contributed by atoms with Gasteiger partial charge in [0, 0.05) is 31.8 Å². The number of hydrogen-bond acceptors (Lipinski definition) is 6. The predicted molar refractivity (Wildman–Crippen MR) is 114 cm³/mol. The van der Waals surface area contributed by atoms with Crippen LogP contribution in [-0.2, 0) is 29.2 Å². The number of ether oxygens (including phenoxy) is 3. The van der Waals surface area contributed by atoms with Gasteiger partial charge in [0.05, 0.1) is 0 Å². The van der Waals surface area contributed by atoms with Gasteiger partial charge in [-0.2, -0.15) is 0 Å². The molecule has 2 aliphatic rings. The summed E-state index contributed by atoms with van der Waals surface area (Å²) in [5.41, 5.74) is 0.502. The number of piperidine rings is 1. The highest BCUT2D eigenvalue weighted by molar-refractivity contribution is 5.98. The van der Waals surface area contributed by atoms with E-state index in [-0.39, 0.29) is 6.04 Å². The van der Waals surface area contributed by atoms with Gasteiger partial charge in [-0.15, -0.1) is 0 Å². The molecule has 1 amide bonds. The van der Waals surface area contributed by atoms with Crippen molar-refractivity contribution in [1.29, 1.82) is 0 Å². The monoisotopic (exact) mass is 431 g/mol. The molecular weight excluding hydrogens is 398 g/mol. The molecule has 0 radical (unpaired) electrons. The van der Waals surface area contributed by atoms with Gasteiger partial charge in [-0.25, -0.2) is 4.79 Å². The molecule has 0 aliphatic carbocycles. The SMILES string of the molecule is Cc1ccc(C2(C3C(=O)OC(C)(C)OC3=O)CCN(C(=O)OC(C)(C)C)C(C)C2)cc1. The molecule has 0 bridgehead atoms. The second kappa shape index (κ2) is 7.84. The van der Waals surface area contributed by atoms with Crippen LogP contribution in [0.4, 0.5) is 4.79 Å². The number of carbonyl (C=O) groups excluding carboxylic acids is 3. The minimum atomic E-state index is -1.29. The lowest BCUT2D eigenvalue weighted by atomic mass is 9.62. The summed E-state index contributed by atoms with van der Waals surface area (Å²) in [6, 6.07) is 7.58. The van der Waals surface area contributed by atoms with E-state index >= 15 is 0 Å². The van der Waals surface area contributed by atoms with Gasteiger partial charge in [0.25, 0.3) is 5.79 Å². The van der Waals surface area contributed by atoms with Gasteiger partial charge in [0.1, 0.15) is 5.60 Å². The summed E-state index contributed by atoms with van der Waals surface area (Å²) in [6.45, 7) is 12.8. The van der Waals surface area contributed by atoms with Crippen molar-refractivity contribution in [3.05, 3.63) is 35.4 Å². The Hall–Kier alpha value is -2.57. The van der Waals surface area contributed by atoms with Gasteiger partial charge in [-0.05, 0) is 53.0 Å². The highest BCUT2D eigenvalue weighted by Crippen LogP contribution is 2.47. The highest BCUT2D eigenvalue weighted by Gasteiger charge is 2.57. The molecular formula is C24H33NO6. The van der Waals surface area contributed by atoms with E-state index in [1.54, 1.807) is 18.7 Å². The van der Waals surface area contributed by atoms with Crippen molar-refractivity contribution in [2.75, 3.05) is 6.54 Å². The summed E-state index contributed by atoms with van der Waals surface area (Å²) in [7, 11) is 0. The van der Waals surface area contributed by atoms with Crippen molar-refractivity contribution in [1.82, 2.24) is 4.90 Å². The van der Waals surface area contributed by atoms with Crippen LogP contribution in [0.5, 0.6) is 0 Å². The molecule has 2 atom stereocenters. The fourth-order valence-corrected chi connectivity index (χ4v) is 4.62. The van der Waals surface area contributed by atoms with E-state index in [1.807, 2.05) is 58.9 Å². The molecule has 2 fully saturated rings. The Bertz CT molecular complexity index is 849. The van der Waals surface area contributed by atoms with Crippen LogP contribution in [0.15, 0.2) is 24.3 Å². The zero-order valence-corrected chi connectivity index (χ0v) is 19.5. The van der Waals surface area contributed by atoms with Crippen LogP contribution >= 0.6 is 0 Å². The van der Waals surface area contributed by atoms with Gasteiger partial charge in [0.15, 0.2) is 5.92 Å². The van der Waals surface area contributed by atoms with Gasteiger partial charge >= 0.3 is 18.0 Å². The average molecular weight is 432 g/mol. The van der Waals surface area contributed by atoms with Crippen molar-refractivity contribution in [2.45, 2.75) is 84.2 Å². The van der Waals surface area contributed by atoms with E-state index in [4.69, 9.17) is 14.2 Å². The molecule has 0 aromatic heterocycles. The molecule has 0 N–H and O–H groups in total. The number of rotatable bonds is 2. The summed E-state index contributed by atoms with van der Waals surface area (Å²) >= 11 is 0. The summed E-state index contributed by atoms with van der Waals surface area (Å²) in [6.07, 6.45) is 0.423. The van der Waals surface area contributed by atoms with Crippen LogP contribution in [0.25, 0.3) is 0 Å². The quantitative estimate of drug-likeness (QED) is 0.518. The van der Waals surface area contributed by atoms with Crippen molar-refractivity contribution in [2.24, 2.45) is 5.92 Å². The maximum Gasteiger partial charge on any atom is 0.410 e. The average Bonchev–Trinajstić information content (AvgIpc) is 2.58. The van der Waals surface area contributed by atoms with Crippen LogP contribution < -0.4 is 0 Å². The normalized spacial score (nSPS) is 26.8. The van der Waals surface area contributed by atoms with E-state index in [9.17, 15) is 14.4 Å². The van der Waals surface area contributed by atoms with Gasteiger partial charge in [-0.3, -0.25) is 9.59 Å². The maximum atomic E-state index is 13.0. The Morgan fingerprint density at radius 3 is 2.13 bits per heavy atom. The predicted octanol–water partition coefficient (Wildman–Crippen LogP) is 4.10. The number of likely N-dealkylation sites (tertiary alicyclic amines) is 1. The van der Waals surface area contributed by atoms with E-state index in [0.717, 1.165) is 11.1 Å². The largest absolute Gasteiger partial charge is 0.444 e. The molecule has 2 unspecified atom stereocenters. The first-order valence-corrected chi connectivity index (χ1v) is 10.8. The first-order chi connectivity index (χ1) is 14.2. The lowest BCUT2D eigenvalue weighted by Crippen LogP contribution is -2.60. The number of hydrogen-bond donors (Lipinski definition) is 0. The smallest absolute Gasteiger partial charge is 0.410 e. The van der Waals surface area contributed by atoms with Gasteiger partial charge in [0.2, 0.25) is 0 Å². The molecule has 3 rings (SSSR count).